The maximum Gasteiger partial charge on any atom is 0.314 e. The summed E-state index contributed by atoms with van der Waals surface area (Å²) in [6, 6.07) is 0.343. The summed E-state index contributed by atoms with van der Waals surface area (Å²) >= 11 is 0. The highest BCUT2D eigenvalue weighted by Crippen LogP contribution is 2.31. The van der Waals surface area contributed by atoms with E-state index in [1.54, 1.807) is 11.9 Å². The van der Waals surface area contributed by atoms with E-state index in [0.29, 0.717) is 57.3 Å². The molecule has 0 aromatic heterocycles. The molecule has 0 saturated heterocycles. The zero-order valence-corrected chi connectivity index (χ0v) is 27.1. The molecule has 0 bridgehead atoms. The molecule has 0 radical (unpaired) electrons. The third-order valence-corrected chi connectivity index (χ3v) is 7.65. The van der Waals surface area contributed by atoms with Gasteiger partial charge in [0.2, 0.25) is 5.91 Å². The molecule has 1 amide bonds. The number of hydrogen-bond donors (Lipinski definition) is 3. The van der Waals surface area contributed by atoms with Crippen molar-refractivity contribution in [1.82, 2.24) is 10.2 Å². The number of nitrogens with one attached hydrogen (secondary N) is 1. The van der Waals surface area contributed by atoms with Crippen LogP contribution in [0.4, 0.5) is 0 Å². The molecule has 0 saturated carbocycles. The van der Waals surface area contributed by atoms with E-state index < -0.39 is 0 Å². The number of ether oxygens (including phenoxy) is 1. The summed E-state index contributed by atoms with van der Waals surface area (Å²) in [4.78, 5) is 24.1. The van der Waals surface area contributed by atoms with Gasteiger partial charge in [0.05, 0.1) is 24.2 Å². The fraction of sp³-hybridized carbons (Fsp3) is 0.667. The second-order valence-electron chi connectivity index (χ2n) is 11.4. The number of amidine groups is 1. The van der Waals surface area contributed by atoms with Gasteiger partial charge in [0.15, 0.2) is 0 Å². The Morgan fingerprint density at radius 2 is 2.02 bits per heavy atom. The number of oxime groups is 1. The van der Waals surface area contributed by atoms with Gasteiger partial charge in [0.1, 0.15) is 0 Å². The van der Waals surface area contributed by atoms with Gasteiger partial charge in [0, 0.05) is 45.6 Å². The standard InChI is InChI=1S/C33H56N4O5/c1-9-11-28(29-14-16-30(17-15-29)32(40)37(8)21-19-31(39)10-2)13-12-25(5)41-23-27(22-38)18-20-35-33(34-7)42-36-26(6)24(3)4/h9,12-14,24,27,30-31,38-39H,1,10-11,15-23H2,2-8H3,(H,34,35)/b25-12+,28-13+,36-26+. The van der Waals surface area contributed by atoms with Crippen molar-refractivity contribution >= 4 is 17.6 Å². The predicted octanol–water partition coefficient (Wildman–Crippen LogP) is 5.38. The Morgan fingerprint density at radius 3 is 2.60 bits per heavy atom. The summed E-state index contributed by atoms with van der Waals surface area (Å²) in [5, 5.41) is 26.9. The maximum atomic E-state index is 12.9. The van der Waals surface area contributed by atoms with Crippen molar-refractivity contribution in [3.63, 3.8) is 0 Å². The van der Waals surface area contributed by atoms with Crippen molar-refractivity contribution in [2.24, 2.45) is 27.9 Å². The summed E-state index contributed by atoms with van der Waals surface area (Å²) < 4.78 is 5.95. The molecule has 3 N–H and O–H groups in total. The van der Waals surface area contributed by atoms with E-state index in [9.17, 15) is 15.0 Å². The lowest BCUT2D eigenvalue weighted by molar-refractivity contribution is -0.134. The van der Waals surface area contributed by atoms with Gasteiger partial charge in [-0.05, 0) is 81.9 Å². The van der Waals surface area contributed by atoms with Crippen molar-refractivity contribution < 1.29 is 24.6 Å². The van der Waals surface area contributed by atoms with Crippen LogP contribution in [0.2, 0.25) is 0 Å². The molecule has 3 unspecified atom stereocenters. The molecular formula is C33H56N4O5. The van der Waals surface area contributed by atoms with Crippen LogP contribution in [0.1, 0.15) is 79.6 Å². The molecule has 0 aromatic rings. The van der Waals surface area contributed by atoms with E-state index >= 15 is 0 Å². The molecule has 0 aliphatic heterocycles. The van der Waals surface area contributed by atoms with Gasteiger partial charge in [-0.2, -0.15) is 0 Å². The largest absolute Gasteiger partial charge is 0.498 e. The van der Waals surface area contributed by atoms with Gasteiger partial charge < -0.3 is 30.0 Å². The van der Waals surface area contributed by atoms with Crippen LogP contribution >= 0.6 is 0 Å². The Balaban J connectivity index is 2.64. The summed E-state index contributed by atoms with van der Waals surface area (Å²) in [5.74, 6) is 1.15. The zero-order valence-electron chi connectivity index (χ0n) is 27.1. The highest BCUT2D eigenvalue weighted by atomic mass is 16.6. The minimum absolute atomic E-state index is 0.0116. The quantitative estimate of drug-likeness (QED) is 0.0495. The number of allylic oxidation sites excluding steroid dienone is 7. The van der Waals surface area contributed by atoms with Crippen LogP contribution in [-0.2, 0) is 14.4 Å². The number of aliphatic imine (C=N–C) groups is 1. The highest BCUT2D eigenvalue weighted by molar-refractivity contribution is 5.84. The molecule has 0 aromatic carbocycles. The lowest BCUT2D eigenvalue weighted by Gasteiger charge is -2.27. The normalized spacial score (nSPS) is 18.3. The van der Waals surface area contributed by atoms with Crippen LogP contribution in [-0.4, -0.2) is 79.3 Å². The third-order valence-electron chi connectivity index (χ3n) is 7.65. The molecule has 1 rings (SSSR count). The number of hydrogen-bond acceptors (Lipinski definition) is 7. The minimum Gasteiger partial charge on any atom is -0.498 e. The van der Waals surface area contributed by atoms with E-state index in [2.05, 4.69) is 34.2 Å². The lowest BCUT2D eigenvalue weighted by atomic mass is 9.84. The summed E-state index contributed by atoms with van der Waals surface area (Å²) in [6.07, 6.45) is 12.8. The van der Waals surface area contributed by atoms with Crippen LogP contribution in [0.3, 0.4) is 0 Å². The van der Waals surface area contributed by atoms with E-state index in [1.165, 1.54) is 11.1 Å². The summed E-state index contributed by atoms with van der Waals surface area (Å²) in [7, 11) is 3.47. The number of amides is 1. The number of rotatable bonds is 18. The Labute approximate surface area is 254 Å². The molecule has 0 spiro atoms. The van der Waals surface area contributed by atoms with E-state index in [0.717, 1.165) is 30.7 Å². The van der Waals surface area contributed by atoms with E-state index in [4.69, 9.17) is 9.57 Å². The Morgan fingerprint density at radius 1 is 1.29 bits per heavy atom. The molecule has 1 aliphatic rings. The fourth-order valence-electron chi connectivity index (χ4n) is 4.28. The Bertz CT molecular complexity index is 983. The topological polar surface area (TPSA) is 116 Å². The molecule has 0 heterocycles. The van der Waals surface area contributed by atoms with Crippen LogP contribution in [0, 0.1) is 17.8 Å². The van der Waals surface area contributed by atoms with Gasteiger partial charge >= 0.3 is 6.02 Å². The first kappa shape index (κ1) is 37.1. The second kappa shape index (κ2) is 20.9. The highest BCUT2D eigenvalue weighted by Gasteiger charge is 2.25. The molecule has 42 heavy (non-hydrogen) atoms. The van der Waals surface area contributed by atoms with Gasteiger partial charge in [-0.15, -0.1) is 6.58 Å². The molecular weight excluding hydrogens is 532 g/mol. The van der Waals surface area contributed by atoms with Gasteiger partial charge in [-0.25, -0.2) is 4.99 Å². The number of carbonyl (C=O) groups is 1. The first-order valence-corrected chi connectivity index (χ1v) is 15.3. The van der Waals surface area contributed by atoms with Gasteiger partial charge in [-0.1, -0.05) is 44.2 Å². The van der Waals surface area contributed by atoms with Gasteiger partial charge in [-0.3, -0.25) is 4.79 Å². The Hall–Kier alpha value is -2.91. The average molecular weight is 589 g/mol. The zero-order chi connectivity index (χ0) is 31.5. The first-order chi connectivity index (χ1) is 20.1. The third kappa shape index (κ3) is 14.3. The molecule has 0 fully saturated rings. The van der Waals surface area contributed by atoms with Crippen molar-refractivity contribution in [1.29, 1.82) is 0 Å². The molecule has 9 nitrogen and oxygen atoms in total. The van der Waals surface area contributed by atoms with Gasteiger partial charge in [0.25, 0.3) is 0 Å². The number of carbonyl (C=O) groups excluding carboxylic acids is 1. The number of aliphatic hydroxyl groups excluding tert-OH is 2. The Kier molecular flexibility index (Phi) is 18.5. The van der Waals surface area contributed by atoms with E-state index in [-0.39, 0.29) is 30.5 Å². The monoisotopic (exact) mass is 588 g/mol. The molecule has 3 atom stereocenters. The fourth-order valence-corrected chi connectivity index (χ4v) is 4.28. The molecule has 9 heteroatoms. The van der Waals surface area contributed by atoms with Crippen LogP contribution in [0.15, 0.2) is 57.9 Å². The molecule has 238 valence electrons. The van der Waals surface area contributed by atoms with Crippen molar-refractivity contribution in [3.05, 3.63) is 47.8 Å². The maximum absolute atomic E-state index is 12.9. The van der Waals surface area contributed by atoms with Crippen molar-refractivity contribution in [2.45, 2.75) is 85.7 Å². The number of aliphatic hydroxyl groups is 2. The van der Waals surface area contributed by atoms with E-state index in [1.807, 2.05) is 53.8 Å². The molecule has 1 aliphatic carbocycles. The predicted molar refractivity (Wildman–Crippen MR) is 172 cm³/mol. The summed E-state index contributed by atoms with van der Waals surface area (Å²) in [5.41, 5.74) is 3.30. The second-order valence-corrected chi connectivity index (χ2v) is 11.4. The van der Waals surface area contributed by atoms with Crippen molar-refractivity contribution in [2.75, 3.05) is 40.4 Å². The van der Waals surface area contributed by atoms with Crippen molar-refractivity contribution in [3.8, 4) is 0 Å². The first-order valence-electron chi connectivity index (χ1n) is 15.3. The number of nitrogens with zero attached hydrogens (tertiary/aromatic N) is 3. The van der Waals surface area contributed by atoms with Crippen LogP contribution in [0.25, 0.3) is 0 Å². The lowest BCUT2D eigenvalue weighted by Crippen LogP contribution is -2.35. The minimum atomic E-state index is -0.356. The summed E-state index contributed by atoms with van der Waals surface area (Å²) in [6.45, 7) is 15.3. The smallest absolute Gasteiger partial charge is 0.314 e. The van der Waals surface area contributed by atoms with Crippen LogP contribution < -0.4 is 5.32 Å². The average Bonchev–Trinajstić information content (AvgIpc) is 3.00. The van der Waals surface area contributed by atoms with Crippen LogP contribution in [0.5, 0.6) is 0 Å². The SMILES string of the molecule is C=CC/C(=C\C=C(/C)OCC(CO)CCNC(=NC)O/N=C(\C)C(C)C)C1=CCC(C(=O)N(C)CCC(O)CC)CC1.